The van der Waals surface area contributed by atoms with Gasteiger partial charge in [0.25, 0.3) is 0 Å². The van der Waals surface area contributed by atoms with E-state index in [1.54, 1.807) is 22.6 Å². The van der Waals surface area contributed by atoms with Crippen molar-refractivity contribution in [1.29, 1.82) is 0 Å². The molecule has 0 bridgehead atoms. The number of halogens is 5. The molecule has 0 fully saturated rings. The number of carboxylic acid groups (broad SMARTS) is 1. The molecule has 0 aliphatic carbocycles. The SMILES string of the molecule is O=C(O)Cc1cc(OC(F)(F)F)c(I)nc1CBr. The molecule has 0 unspecified atom stereocenters. The lowest BCUT2D eigenvalue weighted by Crippen LogP contribution is -2.19. The van der Waals surface area contributed by atoms with E-state index in [1.807, 2.05) is 0 Å². The highest BCUT2D eigenvalue weighted by molar-refractivity contribution is 14.1. The molecule has 1 N–H and O–H groups in total. The Morgan fingerprint density at radius 1 is 1.56 bits per heavy atom. The third-order valence-corrected chi connectivity index (χ3v) is 3.11. The summed E-state index contributed by atoms with van der Waals surface area (Å²) in [6.45, 7) is 0. The molecule has 0 saturated carbocycles. The normalized spacial score (nSPS) is 11.4. The molecule has 100 valence electrons. The fourth-order valence-electron chi connectivity index (χ4n) is 1.17. The summed E-state index contributed by atoms with van der Waals surface area (Å²) in [5, 5.41) is 8.92. The minimum atomic E-state index is -4.84. The number of carboxylic acids is 1. The zero-order valence-corrected chi connectivity index (χ0v) is 12.3. The summed E-state index contributed by atoms with van der Waals surface area (Å²) in [6, 6.07) is 1.05. The first-order valence-corrected chi connectivity index (χ1v) is 6.64. The highest BCUT2D eigenvalue weighted by atomic mass is 127. The lowest BCUT2D eigenvalue weighted by atomic mass is 10.1. The van der Waals surface area contributed by atoms with Crippen molar-refractivity contribution in [1.82, 2.24) is 4.98 Å². The number of aromatic nitrogens is 1. The van der Waals surface area contributed by atoms with E-state index in [9.17, 15) is 18.0 Å². The molecule has 0 amide bonds. The van der Waals surface area contributed by atoms with Crippen LogP contribution in [-0.2, 0) is 16.5 Å². The molecule has 4 nitrogen and oxygen atoms in total. The monoisotopic (exact) mass is 439 g/mol. The number of hydrogen-bond acceptors (Lipinski definition) is 3. The van der Waals surface area contributed by atoms with E-state index in [4.69, 9.17) is 5.11 Å². The van der Waals surface area contributed by atoms with Crippen LogP contribution in [0.2, 0.25) is 0 Å². The van der Waals surface area contributed by atoms with Crippen molar-refractivity contribution in [3.63, 3.8) is 0 Å². The first kappa shape index (κ1) is 15.5. The van der Waals surface area contributed by atoms with E-state index in [0.717, 1.165) is 6.07 Å². The smallest absolute Gasteiger partial charge is 0.481 e. The van der Waals surface area contributed by atoms with Gasteiger partial charge in [-0.15, -0.1) is 13.2 Å². The molecule has 0 aromatic carbocycles. The average Bonchev–Trinajstić information content (AvgIpc) is 2.19. The van der Waals surface area contributed by atoms with Gasteiger partial charge in [0, 0.05) is 5.33 Å². The molecular weight excluding hydrogens is 434 g/mol. The summed E-state index contributed by atoms with van der Waals surface area (Å²) in [6.07, 6.45) is -5.25. The van der Waals surface area contributed by atoms with E-state index in [1.165, 1.54) is 0 Å². The van der Waals surface area contributed by atoms with Gasteiger partial charge in [-0.1, -0.05) is 15.9 Å². The summed E-state index contributed by atoms with van der Waals surface area (Å²) in [5.74, 6) is -1.65. The van der Waals surface area contributed by atoms with Crippen LogP contribution in [0.5, 0.6) is 5.75 Å². The number of alkyl halides is 4. The third kappa shape index (κ3) is 4.59. The van der Waals surface area contributed by atoms with Crippen molar-refractivity contribution in [3.8, 4) is 5.75 Å². The molecule has 0 aliphatic heterocycles. The molecule has 0 saturated heterocycles. The number of ether oxygens (including phenoxy) is 1. The van der Waals surface area contributed by atoms with Crippen LogP contribution in [0.15, 0.2) is 6.07 Å². The average molecular weight is 440 g/mol. The Balaban J connectivity index is 3.16. The van der Waals surface area contributed by atoms with Crippen LogP contribution in [-0.4, -0.2) is 22.4 Å². The van der Waals surface area contributed by atoms with Gasteiger partial charge in [-0.3, -0.25) is 4.79 Å². The fourth-order valence-corrected chi connectivity index (χ4v) is 2.22. The van der Waals surface area contributed by atoms with Gasteiger partial charge in [0.1, 0.15) is 3.70 Å². The molecule has 0 aliphatic rings. The minimum Gasteiger partial charge on any atom is -0.481 e. The van der Waals surface area contributed by atoms with Gasteiger partial charge in [0.15, 0.2) is 5.75 Å². The summed E-state index contributed by atoms with van der Waals surface area (Å²) in [4.78, 5) is 14.5. The second-order valence-corrected chi connectivity index (χ2v) is 4.72. The summed E-state index contributed by atoms with van der Waals surface area (Å²) >= 11 is 4.69. The van der Waals surface area contributed by atoms with Crippen molar-refractivity contribution in [2.24, 2.45) is 0 Å². The van der Waals surface area contributed by atoms with Crippen LogP contribution in [0.4, 0.5) is 13.2 Å². The number of carbonyl (C=O) groups is 1. The summed E-state index contributed by atoms with van der Waals surface area (Å²) in [7, 11) is 0. The lowest BCUT2D eigenvalue weighted by Gasteiger charge is -2.13. The van der Waals surface area contributed by atoms with Crippen molar-refractivity contribution < 1.29 is 27.8 Å². The Morgan fingerprint density at radius 3 is 2.61 bits per heavy atom. The predicted molar refractivity (Wildman–Crippen MR) is 67.6 cm³/mol. The highest BCUT2D eigenvalue weighted by Crippen LogP contribution is 2.29. The van der Waals surface area contributed by atoms with Gasteiger partial charge in [0.05, 0.1) is 12.1 Å². The van der Waals surface area contributed by atoms with Gasteiger partial charge in [0.2, 0.25) is 0 Å². The molecule has 1 aromatic rings. The third-order valence-electron chi connectivity index (χ3n) is 1.81. The Kier molecular flexibility index (Phi) is 5.20. The molecule has 18 heavy (non-hydrogen) atoms. The Labute approximate surface area is 122 Å². The van der Waals surface area contributed by atoms with Crippen LogP contribution in [0.1, 0.15) is 11.3 Å². The minimum absolute atomic E-state index is 0.0218. The zero-order valence-electron chi connectivity index (χ0n) is 8.59. The van der Waals surface area contributed by atoms with Crippen molar-refractivity contribution in [3.05, 3.63) is 21.0 Å². The maximum atomic E-state index is 12.1. The number of aliphatic carboxylic acids is 1. The maximum absolute atomic E-state index is 12.1. The van der Waals surface area contributed by atoms with E-state index in [2.05, 4.69) is 25.7 Å². The van der Waals surface area contributed by atoms with E-state index in [-0.39, 0.29) is 14.6 Å². The molecule has 1 heterocycles. The molecule has 1 aromatic heterocycles. The molecule has 0 radical (unpaired) electrons. The van der Waals surface area contributed by atoms with Crippen LogP contribution in [0.25, 0.3) is 0 Å². The van der Waals surface area contributed by atoms with Gasteiger partial charge in [-0.2, -0.15) is 0 Å². The summed E-state index contributed by atoms with van der Waals surface area (Å²) in [5.41, 5.74) is 0.551. The van der Waals surface area contributed by atoms with Crippen molar-refractivity contribution in [2.75, 3.05) is 0 Å². The van der Waals surface area contributed by atoms with Gasteiger partial charge in [-0.05, 0) is 34.2 Å². The maximum Gasteiger partial charge on any atom is 0.573 e. The quantitative estimate of drug-likeness (QED) is 0.445. The summed E-state index contributed by atoms with van der Waals surface area (Å²) < 4.78 is 40.2. The number of rotatable bonds is 4. The Morgan fingerprint density at radius 2 is 2.17 bits per heavy atom. The van der Waals surface area contributed by atoms with Crippen LogP contribution in [0.3, 0.4) is 0 Å². The van der Waals surface area contributed by atoms with Crippen LogP contribution in [0, 0.1) is 3.70 Å². The van der Waals surface area contributed by atoms with Crippen molar-refractivity contribution in [2.45, 2.75) is 18.1 Å². The number of hydrogen-bond donors (Lipinski definition) is 1. The predicted octanol–water partition coefficient (Wildman–Crippen LogP) is 3.11. The van der Waals surface area contributed by atoms with Crippen LogP contribution >= 0.6 is 38.5 Å². The van der Waals surface area contributed by atoms with Crippen LogP contribution < -0.4 is 4.74 Å². The topological polar surface area (TPSA) is 59.4 Å². The molecule has 0 atom stereocenters. The molecule has 9 heteroatoms. The van der Waals surface area contributed by atoms with Gasteiger partial charge >= 0.3 is 12.3 Å². The molecule has 1 rings (SSSR count). The zero-order chi connectivity index (χ0) is 13.9. The Bertz CT molecular complexity index is 467. The largest absolute Gasteiger partial charge is 0.573 e. The van der Waals surface area contributed by atoms with Crippen molar-refractivity contribution >= 4 is 44.5 Å². The first-order valence-electron chi connectivity index (χ1n) is 4.44. The van der Waals surface area contributed by atoms with E-state index in [0.29, 0.717) is 5.69 Å². The first-order chi connectivity index (χ1) is 8.23. The van der Waals surface area contributed by atoms with E-state index >= 15 is 0 Å². The number of nitrogens with zero attached hydrogens (tertiary/aromatic N) is 1. The highest BCUT2D eigenvalue weighted by Gasteiger charge is 2.32. The van der Waals surface area contributed by atoms with Gasteiger partial charge in [-0.25, -0.2) is 4.98 Å². The molecule has 0 spiro atoms. The lowest BCUT2D eigenvalue weighted by molar-refractivity contribution is -0.275. The number of pyridine rings is 1. The fraction of sp³-hybridized carbons (Fsp3) is 0.333. The second kappa shape index (κ2) is 6.04. The standard InChI is InChI=1S/C9H6BrF3INO3/c10-3-5-4(2-7(16)17)1-6(8(14)15-5)18-9(11,12)13/h1H,2-3H2,(H,16,17). The van der Waals surface area contributed by atoms with E-state index < -0.39 is 24.5 Å². The van der Waals surface area contributed by atoms with Gasteiger partial charge < -0.3 is 9.84 Å². The second-order valence-electron chi connectivity index (χ2n) is 3.14. The molecular formula is C9H6BrF3INO3. The Hall–Kier alpha value is -0.580.